The van der Waals surface area contributed by atoms with E-state index >= 15 is 0 Å². The summed E-state index contributed by atoms with van der Waals surface area (Å²) in [4.78, 5) is 0. The molecule has 0 bridgehead atoms. The lowest BCUT2D eigenvalue weighted by molar-refractivity contribution is 0.587. The second-order valence-corrected chi connectivity index (χ2v) is 4.15. The molecule has 0 fully saturated rings. The molecule has 19 heavy (non-hydrogen) atoms. The van der Waals surface area contributed by atoms with Crippen LogP contribution in [-0.4, -0.2) is 0 Å². The van der Waals surface area contributed by atoms with E-state index in [1.807, 2.05) is 6.07 Å². The minimum absolute atomic E-state index is 0.281. The van der Waals surface area contributed by atoms with Gasteiger partial charge in [-0.25, -0.2) is 8.78 Å². The first-order valence-electron chi connectivity index (χ1n) is 5.83. The van der Waals surface area contributed by atoms with Crippen LogP contribution in [0.3, 0.4) is 0 Å². The number of hydrogen-bond acceptors (Lipinski definition) is 2. The largest absolute Gasteiger partial charge is 0.309 e. The predicted octanol–water partition coefficient (Wildman–Crippen LogP) is 3.13. The lowest BCUT2D eigenvalue weighted by Crippen LogP contribution is -2.13. The van der Waals surface area contributed by atoms with Gasteiger partial charge in [-0.2, -0.15) is 5.26 Å². The molecule has 96 valence electrons. The highest BCUT2D eigenvalue weighted by molar-refractivity contribution is 5.33. The topological polar surface area (TPSA) is 35.8 Å². The van der Waals surface area contributed by atoms with E-state index in [1.165, 1.54) is 30.3 Å². The molecule has 2 rings (SSSR count). The zero-order chi connectivity index (χ0) is 13.7. The monoisotopic (exact) mass is 258 g/mol. The Balaban J connectivity index is 1.96. The lowest BCUT2D eigenvalue weighted by atomic mass is 10.1. The molecule has 0 atom stereocenters. The average molecular weight is 258 g/mol. The third-order valence-corrected chi connectivity index (χ3v) is 2.73. The number of benzene rings is 2. The molecular weight excluding hydrogens is 246 g/mol. The molecule has 0 aliphatic carbocycles. The maximum Gasteiger partial charge on any atom is 0.127 e. The first-order chi connectivity index (χ1) is 9.19. The van der Waals surface area contributed by atoms with Crippen LogP contribution in [0.15, 0.2) is 42.5 Å². The van der Waals surface area contributed by atoms with Crippen molar-refractivity contribution in [3.63, 3.8) is 0 Å². The number of nitrogens with zero attached hydrogens (tertiary/aromatic N) is 1. The van der Waals surface area contributed by atoms with Crippen molar-refractivity contribution in [2.45, 2.75) is 13.1 Å². The van der Waals surface area contributed by atoms with Crippen LogP contribution in [0.1, 0.15) is 16.7 Å². The molecule has 2 aromatic carbocycles. The van der Waals surface area contributed by atoms with E-state index < -0.39 is 0 Å². The van der Waals surface area contributed by atoms with Crippen molar-refractivity contribution in [2.75, 3.05) is 0 Å². The summed E-state index contributed by atoms with van der Waals surface area (Å²) in [5.41, 5.74) is 1.79. The number of rotatable bonds is 4. The molecule has 0 aliphatic rings. The molecule has 0 radical (unpaired) electrons. The third kappa shape index (κ3) is 3.60. The van der Waals surface area contributed by atoms with Crippen LogP contribution in [-0.2, 0) is 13.1 Å². The molecule has 0 saturated carbocycles. The Morgan fingerprint density at radius 1 is 1.00 bits per heavy atom. The molecule has 0 heterocycles. The Morgan fingerprint density at radius 3 is 2.42 bits per heavy atom. The van der Waals surface area contributed by atoms with Crippen molar-refractivity contribution >= 4 is 0 Å². The lowest BCUT2D eigenvalue weighted by Gasteiger charge is -2.06. The van der Waals surface area contributed by atoms with Crippen LogP contribution in [0, 0.1) is 23.0 Å². The van der Waals surface area contributed by atoms with Gasteiger partial charge in [-0.05, 0) is 35.9 Å². The highest BCUT2D eigenvalue weighted by Gasteiger charge is 2.03. The Hall–Kier alpha value is -2.25. The maximum atomic E-state index is 13.5. The number of hydrogen-bond donors (Lipinski definition) is 1. The highest BCUT2D eigenvalue weighted by atomic mass is 19.1. The summed E-state index contributed by atoms with van der Waals surface area (Å²) >= 11 is 0. The molecule has 0 aliphatic heterocycles. The van der Waals surface area contributed by atoms with Crippen LogP contribution in [0.5, 0.6) is 0 Å². The van der Waals surface area contributed by atoms with Gasteiger partial charge in [-0.1, -0.05) is 12.1 Å². The van der Waals surface area contributed by atoms with E-state index in [4.69, 9.17) is 5.26 Å². The molecular formula is C15H12F2N2. The number of nitriles is 1. The quantitative estimate of drug-likeness (QED) is 0.914. The van der Waals surface area contributed by atoms with Gasteiger partial charge >= 0.3 is 0 Å². The number of nitrogens with one attached hydrogen (secondary N) is 1. The highest BCUT2D eigenvalue weighted by Crippen LogP contribution is 2.10. The summed E-state index contributed by atoms with van der Waals surface area (Å²) in [5.74, 6) is -0.623. The van der Waals surface area contributed by atoms with Gasteiger partial charge in [0.15, 0.2) is 0 Å². The first kappa shape index (κ1) is 13.2. The standard InChI is InChI=1S/C15H12F2N2/c16-14-4-1-11(2-5-14)9-19-10-13-7-12(8-18)3-6-15(13)17/h1-7,19H,9-10H2. The van der Waals surface area contributed by atoms with Gasteiger partial charge in [0.05, 0.1) is 11.6 Å². The van der Waals surface area contributed by atoms with Gasteiger partial charge in [0.25, 0.3) is 0 Å². The fourth-order valence-electron chi connectivity index (χ4n) is 1.72. The molecule has 1 N–H and O–H groups in total. The molecule has 0 saturated heterocycles. The second-order valence-electron chi connectivity index (χ2n) is 4.15. The van der Waals surface area contributed by atoms with Crippen molar-refractivity contribution in [3.8, 4) is 6.07 Å². The Morgan fingerprint density at radius 2 is 1.74 bits per heavy atom. The molecule has 0 unspecified atom stereocenters. The number of halogens is 2. The first-order valence-corrected chi connectivity index (χ1v) is 5.83. The summed E-state index contributed by atoms with van der Waals surface area (Å²) < 4.78 is 26.2. The van der Waals surface area contributed by atoms with E-state index in [2.05, 4.69) is 5.32 Å². The molecule has 2 nitrogen and oxygen atoms in total. The van der Waals surface area contributed by atoms with Crippen molar-refractivity contribution < 1.29 is 8.78 Å². The van der Waals surface area contributed by atoms with Crippen LogP contribution in [0.4, 0.5) is 8.78 Å². The Kier molecular flexibility index (Phi) is 4.22. The van der Waals surface area contributed by atoms with E-state index in [9.17, 15) is 8.78 Å². The summed E-state index contributed by atoms with van der Waals surface area (Å²) in [7, 11) is 0. The molecule has 0 spiro atoms. The molecule has 2 aromatic rings. The fourth-order valence-corrected chi connectivity index (χ4v) is 1.72. The Labute approximate surface area is 110 Å². The van der Waals surface area contributed by atoms with E-state index in [-0.39, 0.29) is 11.6 Å². The van der Waals surface area contributed by atoms with Crippen molar-refractivity contribution in [2.24, 2.45) is 0 Å². The summed E-state index contributed by atoms with van der Waals surface area (Å²) in [6, 6.07) is 12.3. The van der Waals surface area contributed by atoms with Crippen LogP contribution in [0.25, 0.3) is 0 Å². The van der Waals surface area contributed by atoms with Gasteiger partial charge in [0.1, 0.15) is 11.6 Å². The SMILES string of the molecule is N#Cc1ccc(F)c(CNCc2ccc(F)cc2)c1. The average Bonchev–Trinajstić information content (AvgIpc) is 2.43. The van der Waals surface area contributed by atoms with Crippen molar-refractivity contribution in [3.05, 3.63) is 70.8 Å². The second kappa shape index (κ2) is 6.07. The fraction of sp³-hybridized carbons (Fsp3) is 0.133. The molecule has 0 aromatic heterocycles. The predicted molar refractivity (Wildman–Crippen MR) is 68.1 cm³/mol. The minimum Gasteiger partial charge on any atom is -0.309 e. The van der Waals surface area contributed by atoms with Gasteiger partial charge in [0, 0.05) is 18.7 Å². The normalized spacial score (nSPS) is 10.2. The minimum atomic E-state index is -0.342. The van der Waals surface area contributed by atoms with Gasteiger partial charge in [-0.15, -0.1) is 0 Å². The summed E-state index contributed by atoms with van der Waals surface area (Å²) in [5, 5.41) is 11.8. The third-order valence-electron chi connectivity index (χ3n) is 2.73. The zero-order valence-electron chi connectivity index (χ0n) is 10.2. The van der Waals surface area contributed by atoms with Crippen molar-refractivity contribution in [1.29, 1.82) is 5.26 Å². The smallest absolute Gasteiger partial charge is 0.127 e. The summed E-state index contributed by atoms with van der Waals surface area (Å²) in [6.07, 6.45) is 0. The van der Waals surface area contributed by atoms with Crippen LogP contribution >= 0.6 is 0 Å². The van der Waals surface area contributed by atoms with E-state index in [1.54, 1.807) is 12.1 Å². The summed E-state index contributed by atoms with van der Waals surface area (Å²) in [6.45, 7) is 0.829. The van der Waals surface area contributed by atoms with Gasteiger partial charge in [-0.3, -0.25) is 0 Å². The van der Waals surface area contributed by atoms with Crippen LogP contribution < -0.4 is 5.32 Å². The van der Waals surface area contributed by atoms with Crippen LogP contribution in [0.2, 0.25) is 0 Å². The maximum absolute atomic E-state index is 13.5. The van der Waals surface area contributed by atoms with Gasteiger partial charge in [0.2, 0.25) is 0 Å². The molecule has 4 heteroatoms. The van der Waals surface area contributed by atoms with E-state index in [0.29, 0.717) is 24.2 Å². The molecule has 0 amide bonds. The van der Waals surface area contributed by atoms with Crippen molar-refractivity contribution in [1.82, 2.24) is 5.32 Å². The Bertz CT molecular complexity index is 601. The van der Waals surface area contributed by atoms with Gasteiger partial charge < -0.3 is 5.32 Å². The zero-order valence-corrected chi connectivity index (χ0v) is 10.2. The van der Waals surface area contributed by atoms with E-state index in [0.717, 1.165) is 5.56 Å².